The Morgan fingerprint density at radius 1 is 1.00 bits per heavy atom. The van der Waals surface area contributed by atoms with Crippen LogP contribution < -0.4 is 10.1 Å². The third-order valence-electron chi connectivity index (χ3n) is 5.19. The third-order valence-corrected chi connectivity index (χ3v) is 5.19. The predicted octanol–water partition coefficient (Wildman–Crippen LogP) is 5.27. The van der Waals surface area contributed by atoms with E-state index in [0.29, 0.717) is 18.7 Å². The van der Waals surface area contributed by atoms with Gasteiger partial charge in [0.1, 0.15) is 17.1 Å². The summed E-state index contributed by atoms with van der Waals surface area (Å²) in [6.07, 6.45) is -4.91. The number of hydrogen-bond acceptors (Lipinski definition) is 5. The number of rotatable bonds is 4. The summed E-state index contributed by atoms with van der Waals surface area (Å²) in [5.74, 6) is -1.43. The van der Waals surface area contributed by atoms with Crippen LogP contribution in [0.15, 0.2) is 48.5 Å². The normalized spacial score (nSPS) is 18.8. The van der Waals surface area contributed by atoms with E-state index in [1.165, 1.54) is 17.0 Å². The summed E-state index contributed by atoms with van der Waals surface area (Å²) in [5, 5.41) is 12.3. The largest absolute Gasteiger partial charge is 0.573 e. The molecule has 1 fully saturated rings. The van der Waals surface area contributed by atoms with Crippen LogP contribution in [0.4, 0.5) is 23.7 Å². The fraction of sp³-hybridized carbons (Fsp3) is 0.417. The molecule has 2 amide bonds. The number of phenolic OH excluding ortho intramolecular Hbond substituents is 1. The van der Waals surface area contributed by atoms with Crippen LogP contribution in [0, 0.1) is 5.92 Å². The minimum absolute atomic E-state index is 0.107. The molecule has 0 bridgehead atoms. The molecule has 1 saturated heterocycles. The first-order chi connectivity index (χ1) is 15.8. The molecule has 0 aromatic heterocycles. The highest BCUT2D eigenvalue weighted by atomic mass is 19.4. The summed E-state index contributed by atoms with van der Waals surface area (Å²) in [6, 6.07) is 11.4. The Morgan fingerprint density at radius 2 is 1.62 bits per heavy atom. The van der Waals surface area contributed by atoms with E-state index in [1.807, 2.05) is 0 Å². The molecule has 0 aliphatic carbocycles. The van der Waals surface area contributed by atoms with Gasteiger partial charge in [0, 0.05) is 24.7 Å². The third kappa shape index (κ3) is 7.29. The van der Waals surface area contributed by atoms with Gasteiger partial charge in [0.2, 0.25) is 5.91 Å². The maximum Gasteiger partial charge on any atom is 0.573 e. The van der Waals surface area contributed by atoms with Crippen molar-refractivity contribution in [1.82, 2.24) is 4.90 Å². The molecule has 184 valence electrons. The first kappa shape index (κ1) is 25.2. The zero-order valence-corrected chi connectivity index (χ0v) is 19.1. The summed E-state index contributed by atoms with van der Waals surface area (Å²) in [7, 11) is 0. The number of halogens is 3. The zero-order valence-electron chi connectivity index (χ0n) is 19.1. The molecule has 2 unspecified atom stereocenters. The highest BCUT2D eigenvalue weighted by Crippen LogP contribution is 2.33. The molecule has 2 atom stereocenters. The van der Waals surface area contributed by atoms with Gasteiger partial charge in [-0.1, -0.05) is 12.1 Å². The first-order valence-electron chi connectivity index (χ1n) is 10.7. The lowest BCUT2D eigenvalue weighted by molar-refractivity contribution is -0.274. The number of nitrogens with one attached hydrogen (secondary N) is 1. The lowest BCUT2D eigenvalue weighted by Crippen LogP contribution is -2.48. The second kappa shape index (κ2) is 9.82. The fourth-order valence-corrected chi connectivity index (χ4v) is 3.74. The van der Waals surface area contributed by atoms with E-state index >= 15 is 0 Å². The number of carbonyl (C=O) groups excluding carboxylic acids is 2. The van der Waals surface area contributed by atoms with Crippen molar-refractivity contribution in [1.29, 1.82) is 0 Å². The molecule has 7 nitrogen and oxygen atoms in total. The quantitative estimate of drug-likeness (QED) is 0.623. The van der Waals surface area contributed by atoms with Gasteiger partial charge in [-0.2, -0.15) is 0 Å². The topological polar surface area (TPSA) is 88.1 Å². The molecular weight excluding hydrogens is 453 g/mol. The van der Waals surface area contributed by atoms with Crippen LogP contribution >= 0.6 is 0 Å². The van der Waals surface area contributed by atoms with Crippen LogP contribution in [0.25, 0.3) is 0 Å². The lowest BCUT2D eigenvalue weighted by Gasteiger charge is -2.38. The van der Waals surface area contributed by atoms with Crippen molar-refractivity contribution in [3.05, 3.63) is 54.1 Å². The van der Waals surface area contributed by atoms with E-state index in [9.17, 15) is 27.9 Å². The molecule has 1 heterocycles. The SMILES string of the molecule is CC(C)(C)OC(=O)N1CC(C(=O)Nc2ccc(OC(F)(F)F)cc2)CC(c2ccc(O)cc2)C1. The van der Waals surface area contributed by atoms with Gasteiger partial charge in [0.15, 0.2) is 0 Å². The number of benzene rings is 2. The van der Waals surface area contributed by atoms with Crippen molar-refractivity contribution in [3.8, 4) is 11.5 Å². The van der Waals surface area contributed by atoms with Crippen LogP contribution in [0.2, 0.25) is 0 Å². The molecule has 34 heavy (non-hydrogen) atoms. The predicted molar refractivity (Wildman–Crippen MR) is 119 cm³/mol. The van der Waals surface area contributed by atoms with Crippen LogP contribution in [-0.4, -0.2) is 47.1 Å². The Bertz CT molecular complexity index is 1000. The Labute approximate surface area is 195 Å². The van der Waals surface area contributed by atoms with Gasteiger partial charge < -0.3 is 24.8 Å². The van der Waals surface area contributed by atoms with Gasteiger partial charge in [0.25, 0.3) is 0 Å². The van der Waals surface area contributed by atoms with Crippen LogP contribution in [-0.2, 0) is 9.53 Å². The second-order valence-corrected chi connectivity index (χ2v) is 9.17. The highest BCUT2D eigenvalue weighted by Gasteiger charge is 2.36. The zero-order chi connectivity index (χ0) is 25.1. The van der Waals surface area contributed by atoms with E-state index in [4.69, 9.17) is 4.74 Å². The molecule has 10 heteroatoms. The summed E-state index contributed by atoms with van der Waals surface area (Å²) in [4.78, 5) is 27.3. The monoisotopic (exact) mass is 480 g/mol. The molecule has 0 radical (unpaired) electrons. The van der Waals surface area contributed by atoms with Gasteiger partial charge in [-0.15, -0.1) is 13.2 Å². The minimum Gasteiger partial charge on any atom is -0.508 e. The maximum atomic E-state index is 13.0. The minimum atomic E-state index is -4.80. The number of alkyl halides is 3. The smallest absolute Gasteiger partial charge is 0.508 e. The van der Waals surface area contributed by atoms with Gasteiger partial charge in [-0.05, 0) is 69.2 Å². The van der Waals surface area contributed by atoms with Crippen molar-refractivity contribution >= 4 is 17.7 Å². The molecule has 2 aromatic rings. The number of phenols is 1. The Hall–Kier alpha value is -3.43. The summed E-state index contributed by atoms with van der Waals surface area (Å²) in [5.41, 5.74) is 0.452. The van der Waals surface area contributed by atoms with Gasteiger partial charge in [0.05, 0.1) is 5.92 Å². The van der Waals surface area contributed by atoms with Crippen LogP contribution in [0.3, 0.4) is 0 Å². The maximum absolute atomic E-state index is 13.0. The van der Waals surface area contributed by atoms with Gasteiger partial charge in [-0.3, -0.25) is 4.79 Å². The standard InChI is InChI=1S/C24H27F3N2O5/c1-23(2,3)34-22(32)29-13-16(15-4-8-19(30)9-5-15)12-17(14-29)21(31)28-18-6-10-20(11-7-18)33-24(25,26)27/h4-11,16-17,30H,12-14H2,1-3H3,(H,28,31). The van der Waals surface area contributed by atoms with Crippen molar-refractivity contribution in [2.45, 2.75) is 45.1 Å². The van der Waals surface area contributed by atoms with Crippen molar-refractivity contribution in [3.63, 3.8) is 0 Å². The number of ether oxygens (including phenoxy) is 2. The second-order valence-electron chi connectivity index (χ2n) is 9.17. The van der Waals surface area contributed by atoms with Gasteiger partial charge in [-0.25, -0.2) is 4.79 Å². The summed E-state index contributed by atoms with van der Waals surface area (Å²) >= 11 is 0. The van der Waals surface area contributed by atoms with E-state index in [0.717, 1.165) is 17.7 Å². The lowest BCUT2D eigenvalue weighted by atomic mass is 9.84. The van der Waals surface area contributed by atoms with Crippen molar-refractivity contribution in [2.75, 3.05) is 18.4 Å². The van der Waals surface area contributed by atoms with E-state index in [1.54, 1.807) is 45.0 Å². The number of carbonyl (C=O) groups is 2. The number of anilines is 1. The summed E-state index contributed by atoms with van der Waals surface area (Å²) < 4.78 is 46.4. The Balaban J connectivity index is 1.75. The van der Waals surface area contributed by atoms with Crippen LogP contribution in [0.5, 0.6) is 11.5 Å². The average Bonchev–Trinajstić information content (AvgIpc) is 2.73. The number of piperidine rings is 1. The molecular formula is C24H27F3N2O5. The first-order valence-corrected chi connectivity index (χ1v) is 10.7. The molecule has 2 aromatic carbocycles. The highest BCUT2D eigenvalue weighted by molar-refractivity contribution is 5.93. The molecule has 1 aliphatic heterocycles. The number of aromatic hydroxyl groups is 1. The number of nitrogens with zero attached hydrogens (tertiary/aromatic N) is 1. The Kier molecular flexibility index (Phi) is 7.28. The molecule has 2 N–H and O–H groups in total. The average molecular weight is 480 g/mol. The number of likely N-dealkylation sites (tertiary alicyclic amines) is 1. The number of hydrogen-bond donors (Lipinski definition) is 2. The molecule has 1 aliphatic rings. The molecule has 0 spiro atoms. The fourth-order valence-electron chi connectivity index (χ4n) is 3.74. The Morgan fingerprint density at radius 3 is 2.18 bits per heavy atom. The van der Waals surface area contributed by atoms with E-state index < -0.39 is 29.7 Å². The van der Waals surface area contributed by atoms with Gasteiger partial charge >= 0.3 is 12.5 Å². The van der Waals surface area contributed by atoms with E-state index in [2.05, 4.69) is 10.1 Å². The van der Waals surface area contributed by atoms with Crippen LogP contribution in [0.1, 0.15) is 38.7 Å². The molecule has 0 saturated carbocycles. The van der Waals surface area contributed by atoms with Crippen molar-refractivity contribution in [2.24, 2.45) is 5.92 Å². The summed E-state index contributed by atoms with van der Waals surface area (Å²) in [6.45, 7) is 5.73. The number of amides is 2. The molecule has 3 rings (SSSR count). The van der Waals surface area contributed by atoms with Crippen molar-refractivity contribution < 1.29 is 37.3 Å². The van der Waals surface area contributed by atoms with E-state index in [-0.39, 0.29) is 24.1 Å².